The Labute approximate surface area is 123 Å². The summed E-state index contributed by atoms with van der Waals surface area (Å²) < 4.78 is 28.9. The molecule has 0 aliphatic carbocycles. The van der Waals surface area contributed by atoms with Crippen molar-refractivity contribution in [3.05, 3.63) is 53.1 Å². The Morgan fingerprint density at radius 2 is 1.95 bits per heavy atom. The van der Waals surface area contributed by atoms with E-state index in [0.717, 1.165) is 0 Å². The number of ether oxygens (including phenoxy) is 1. The van der Waals surface area contributed by atoms with Crippen molar-refractivity contribution in [1.82, 2.24) is 0 Å². The number of anilines is 1. The van der Waals surface area contributed by atoms with Gasteiger partial charge < -0.3 is 15.2 Å². The topological polar surface area (TPSA) is 58.6 Å². The van der Waals surface area contributed by atoms with Gasteiger partial charge in [-0.2, -0.15) is 8.78 Å². The highest BCUT2D eigenvalue weighted by molar-refractivity contribution is 6.31. The van der Waals surface area contributed by atoms with Gasteiger partial charge in [0.1, 0.15) is 11.5 Å². The number of nitrogens with one attached hydrogen (secondary N) is 1. The van der Waals surface area contributed by atoms with Crippen LogP contribution in [0.5, 0.6) is 11.5 Å². The van der Waals surface area contributed by atoms with Crippen LogP contribution in [0.2, 0.25) is 5.02 Å². The number of hydrogen-bond acceptors (Lipinski definition) is 3. The van der Waals surface area contributed by atoms with E-state index in [0.29, 0.717) is 0 Å². The van der Waals surface area contributed by atoms with Crippen molar-refractivity contribution in [3.63, 3.8) is 0 Å². The Morgan fingerprint density at radius 1 is 1.24 bits per heavy atom. The molecule has 110 valence electrons. The molecular weight excluding hydrogens is 304 g/mol. The first-order valence-corrected chi connectivity index (χ1v) is 6.19. The first-order chi connectivity index (χ1) is 9.97. The molecule has 0 aliphatic rings. The molecule has 0 spiro atoms. The van der Waals surface area contributed by atoms with Crippen molar-refractivity contribution >= 4 is 23.2 Å². The van der Waals surface area contributed by atoms with Crippen LogP contribution in [-0.4, -0.2) is 17.6 Å². The summed E-state index contributed by atoms with van der Waals surface area (Å²) >= 11 is 5.75. The van der Waals surface area contributed by atoms with E-state index in [2.05, 4.69) is 10.1 Å². The average molecular weight is 314 g/mol. The summed E-state index contributed by atoms with van der Waals surface area (Å²) in [6, 6.07) is 9.68. The van der Waals surface area contributed by atoms with Gasteiger partial charge in [0.15, 0.2) is 0 Å². The van der Waals surface area contributed by atoms with Crippen LogP contribution >= 0.6 is 11.6 Å². The molecule has 21 heavy (non-hydrogen) atoms. The largest absolute Gasteiger partial charge is 0.507 e. The Hall–Kier alpha value is -2.34. The van der Waals surface area contributed by atoms with E-state index < -0.39 is 12.5 Å². The number of rotatable bonds is 4. The lowest BCUT2D eigenvalue weighted by molar-refractivity contribution is -0.0493. The average Bonchev–Trinajstić information content (AvgIpc) is 2.43. The van der Waals surface area contributed by atoms with Gasteiger partial charge in [0.2, 0.25) is 0 Å². The highest BCUT2D eigenvalue weighted by Crippen LogP contribution is 2.28. The molecule has 2 rings (SSSR count). The van der Waals surface area contributed by atoms with Crippen molar-refractivity contribution in [3.8, 4) is 11.5 Å². The highest BCUT2D eigenvalue weighted by atomic mass is 35.5. The number of phenols is 1. The number of alkyl halides is 2. The second-order valence-electron chi connectivity index (χ2n) is 3.99. The molecule has 0 radical (unpaired) electrons. The molecule has 0 unspecified atom stereocenters. The van der Waals surface area contributed by atoms with E-state index in [4.69, 9.17) is 11.6 Å². The molecule has 0 aliphatic heterocycles. The van der Waals surface area contributed by atoms with Gasteiger partial charge in [0.25, 0.3) is 5.91 Å². The minimum absolute atomic E-state index is 0.0576. The molecule has 4 nitrogen and oxygen atoms in total. The van der Waals surface area contributed by atoms with Crippen molar-refractivity contribution in [2.75, 3.05) is 5.32 Å². The molecule has 0 saturated carbocycles. The standard InChI is InChI=1S/C14H10ClF2NO3/c15-8-5-6-11(19)9(7-8)13(20)18-10-3-1-2-4-12(10)21-14(16)17/h1-7,14,19H,(H,18,20). The molecule has 0 atom stereocenters. The van der Waals surface area contributed by atoms with Crippen LogP contribution in [0.25, 0.3) is 0 Å². The first kappa shape index (κ1) is 15.1. The zero-order valence-corrected chi connectivity index (χ0v) is 11.3. The number of hydrogen-bond donors (Lipinski definition) is 2. The number of phenolic OH excluding ortho intramolecular Hbond substituents is 1. The predicted octanol–water partition coefficient (Wildman–Crippen LogP) is 3.90. The van der Waals surface area contributed by atoms with Gasteiger partial charge in [-0.05, 0) is 30.3 Å². The zero-order chi connectivity index (χ0) is 15.4. The number of amides is 1. The summed E-state index contributed by atoms with van der Waals surface area (Å²) in [7, 11) is 0. The molecule has 2 aromatic rings. The number of benzene rings is 2. The van der Waals surface area contributed by atoms with Crippen LogP contribution in [0.1, 0.15) is 10.4 Å². The van der Waals surface area contributed by atoms with Crippen LogP contribution in [0.15, 0.2) is 42.5 Å². The number of carbonyl (C=O) groups is 1. The van der Waals surface area contributed by atoms with Gasteiger partial charge in [0.05, 0.1) is 11.3 Å². The molecular formula is C14H10ClF2NO3. The Balaban J connectivity index is 2.25. The lowest BCUT2D eigenvalue weighted by Gasteiger charge is -2.12. The SMILES string of the molecule is O=C(Nc1ccccc1OC(F)F)c1cc(Cl)ccc1O. The predicted molar refractivity (Wildman–Crippen MR) is 74.1 cm³/mol. The van der Waals surface area contributed by atoms with Crippen LogP contribution in [0.3, 0.4) is 0 Å². The third kappa shape index (κ3) is 3.82. The fourth-order valence-corrected chi connectivity index (χ4v) is 1.82. The Kier molecular flexibility index (Phi) is 4.59. The van der Waals surface area contributed by atoms with Gasteiger partial charge >= 0.3 is 6.61 Å². The van der Waals surface area contributed by atoms with Crippen molar-refractivity contribution < 1.29 is 23.4 Å². The summed E-state index contributed by atoms with van der Waals surface area (Å²) in [4.78, 5) is 12.1. The molecule has 0 heterocycles. The van der Waals surface area contributed by atoms with Crippen LogP contribution in [0.4, 0.5) is 14.5 Å². The second kappa shape index (κ2) is 6.41. The summed E-state index contributed by atoms with van der Waals surface area (Å²) in [6.07, 6.45) is 0. The minimum atomic E-state index is -3.01. The Bertz CT molecular complexity index is 664. The maximum absolute atomic E-state index is 12.3. The lowest BCUT2D eigenvalue weighted by atomic mass is 10.2. The molecule has 1 amide bonds. The molecule has 0 fully saturated rings. The molecule has 7 heteroatoms. The minimum Gasteiger partial charge on any atom is -0.507 e. The second-order valence-corrected chi connectivity index (χ2v) is 4.43. The van der Waals surface area contributed by atoms with E-state index >= 15 is 0 Å². The monoisotopic (exact) mass is 313 g/mol. The number of para-hydroxylation sites is 2. The maximum atomic E-state index is 12.3. The fraction of sp³-hybridized carbons (Fsp3) is 0.0714. The van der Waals surface area contributed by atoms with E-state index in [1.54, 1.807) is 6.07 Å². The smallest absolute Gasteiger partial charge is 0.387 e. The molecule has 0 aromatic heterocycles. The van der Waals surface area contributed by atoms with E-state index in [9.17, 15) is 18.7 Å². The first-order valence-electron chi connectivity index (χ1n) is 5.81. The normalized spacial score (nSPS) is 10.5. The Morgan fingerprint density at radius 3 is 2.67 bits per heavy atom. The van der Waals surface area contributed by atoms with Gasteiger partial charge in [-0.1, -0.05) is 23.7 Å². The lowest BCUT2D eigenvalue weighted by Crippen LogP contribution is -2.14. The van der Waals surface area contributed by atoms with Gasteiger partial charge in [0, 0.05) is 5.02 Å². The highest BCUT2D eigenvalue weighted by Gasteiger charge is 2.15. The van der Waals surface area contributed by atoms with Gasteiger partial charge in [-0.25, -0.2) is 0 Å². The van der Waals surface area contributed by atoms with E-state index in [-0.39, 0.29) is 27.8 Å². The quantitative estimate of drug-likeness (QED) is 0.900. The maximum Gasteiger partial charge on any atom is 0.387 e. The number of aromatic hydroxyl groups is 1. The zero-order valence-electron chi connectivity index (χ0n) is 10.5. The van der Waals surface area contributed by atoms with Crippen LogP contribution in [0, 0.1) is 0 Å². The summed E-state index contributed by atoms with van der Waals surface area (Å²) in [5.41, 5.74) is -0.0171. The van der Waals surface area contributed by atoms with Crippen LogP contribution < -0.4 is 10.1 Å². The summed E-state index contributed by atoms with van der Waals surface area (Å²) in [5.74, 6) is -1.15. The summed E-state index contributed by atoms with van der Waals surface area (Å²) in [5, 5.41) is 12.3. The number of carbonyl (C=O) groups excluding carboxylic acids is 1. The molecule has 2 N–H and O–H groups in total. The van der Waals surface area contributed by atoms with Crippen molar-refractivity contribution in [1.29, 1.82) is 0 Å². The third-order valence-electron chi connectivity index (χ3n) is 2.55. The van der Waals surface area contributed by atoms with Gasteiger partial charge in [-0.15, -0.1) is 0 Å². The van der Waals surface area contributed by atoms with Gasteiger partial charge in [-0.3, -0.25) is 4.79 Å². The molecule has 0 bridgehead atoms. The molecule has 2 aromatic carbocycles. The van der Waals surface area contributed by atoms with E-state index in [1.165, 1.54) is 36.4 Å². The number of halogens is 3. The molecule has 0 saturated heterocycles. The third-order valence-corrected chi connectivity index (χ3v) is 2.79. The van der Waals surface area contributed by atoms with E-state index in [1.807, 2.05) is 0 Å². The van der Waals surface area contributed by atoms with Crippen LogP contribution in [-0.2, 0) is 0 Å². The van der Waals surface area contributed by atoms with Crippen molar-refractivity contribution in [2.24, 2.45) is 0 Å². The fourth-order valence-electron chi connectivity index (χ4n) is 1.65. The van der Waals surface area contributed by atoms with Crippen molar-refractivity contribution in [2.45, 2.75) is 6.61 Å². The summed E-state index contributed by atoms with van der Waals surface area (Å²) in [6.45, 7) is -3.01.